The van der Waals surface area contributed by atoms with E-state index >= 15 is 0 Å². The molecule has 0 aliphatic carbocycles. The van der Waals surface area contributed by atoms with Crippen molar-refractivity contribution >= 4 is 5.69 Å². The van der Waals surface area contributed by atoms with Gasteiger partial charge in [0.15, 0.2) is 6.26 Å². The molecule has 0 atom stereocenters. The van der Waals surface area contributed by atoms with E-state index in [9.17, 15) is 8.78 Å². The van der Waals surface area contributed by atoms with Crippen LogP contribution in [0.25, 0.3) is 0 Å². The van der Waals surface area contributed by atoms with Gasteiger partial charge in [-0.2, -0.15) is 8.78 Å². The summed E-state index contributed by atoms with van der Waals surface area (Å²) >= 11 is 0. The topological polar surface area (TPSA) is 33.3 Å². The Kier molecular flexibility index (Phi) is 5.28. The van der Waals surface area contributed by atoms with Crippen LogP contribution >= 0.6 is 0 Å². The normalized spacial score (nSPS) is 9.69. The molecule has 2 N–H and O–H groups in total. The number of benzene rings is 1. The van der Waals surface area contributed by atoms with E-state index in [2.05, 4.69) is 22.8 Å². The zero-order chi connectivity index (χ0) is 11.8. The van der Waals surface area contributed by atoms with E-state index < -0.39 is 6.08 Å². The summed E-state index contributed by atoms with van der Waals surface area (Å²) in [6, 6.07) is 7.63. The van der Waals surface area contributed by atoms with Gasteiger partial charge < -0.3 is 4.84 Å². The third-order valence-corrected chi connectivity index (χ3v) is 1.89. The molecule has 0 fully saturated rings. The molecule has 0 heterocycles. The van der Waals surface area contributed by atoms with Gasteiger partial charge in [-0.3, -0.25) is 5.43 Å². The van der Waals surface area contributed by atoms with Crippen molar-refractivity contribution < 1.29 is 13.6 Å². The van der Waals surface area contributed by atoms with Crippen molar-refractivity contribution in [3.63, 3.8) is 0 Å². The molecule has 16 heavy (non-hydrogen) atoms. The van der Waals surface area contributed by atoms with Gasteiger partial charge in [0.25, 0.3) is 0 Å². The Balaban J connectivity index is 2.34. The Morgan fingerprint density at radius 2 is 2.00 bits per heavy atom. The van der Waals surface area contributed by atoms with Gasteiger partial charge in [-0.15, -0.1) is 0 Å². The van der Waals surface area contributed by atoms with Crippen molar-refractivity contribution in [3.05, 3.63) is 42.2 Å². The molecule has 0 aromatic heterocycles. The maximum atomic E-state index is 11.6. The quantitative estimate of drug-likeness (QED) is 0.445. The predicted octanol–water partition coefficient (Wildman–Crippen LogP) is 3.23. The molecule has 88 valence electrons. The SMILES string of the molecule is CCCc1ccc(NNOC=C(F)F)cc1. The van der Waals surface area contributed by atoms with Crippen LogP contribution in [0.4, 0.5) is 14.5 Å². The first-order valence-electron chi connectivity index (χ1n) is 4.99. The molecule has 0 saturated carbocycles. The lowest BCUT2D eigenvalue weighted by atomic mass is 10.1. The molecule has 0 spiro atoms. The molecule has 0 saturated heterocycles. The molecule has 1 rings (SSSR count). The van der Waals surface area contributed by atoms with Crippen LogP contribution in [-0.2, 0) is 11.3 Å². The van der Waals surface area contributed by atoms with Gasteiger partial charge in [-0.1, -0.05) is 31.1 Å². The van der Waals surface area contributed by atoms with Crippen molar-refractivity contribution in [2.75, 3.05) is 5.43 Å². The highest BCUT2D eigenvalue weighted by Gasteiger charge is 1.93. The van der Waals surface area contributed by atoms with E-state index in [-0.39, 0.29) is 0 Å². The Labute approximate surface area is 93.0 Å². The first kappa shape index (κ1) is 12.4. The minimum atomic E-state index is -1.90. The van der Waals surface area contributed by atoms with Gasteiger partial charge in [0.1, 0.15) is 0 Å². The molecule has 0 radical (unpaired) electrons. The number of rotatable bonds is 6. The summed E-state index contributed by atoms with van der Waals surface area (Å²) in [5, 5.41) is 0. The summed E-state index contributed by atoms with van der Waals surface area (Å²) in [6.45, 7) is 2.11. The molecule has 0 bridgehead atoms. The molecular weight excluding hydrogens is 214 g/mol. The van der Waals surface area contributed by atoms with Crippen molar-refractivity contribution in [2.24, 2.45) is 0 Å². The Morgan fingerprint density at radius 3 is 2.56 bits per heavy atom. The highest BCUT2D eigenvalue weighted by atomic mass is 19.3. The molecule has 0 amide bonds. The maximum absolute atomic E-state index is 11.6. The number of halogens is 2. The van der Waals surface area contributed by atoms with E-state index in [4.69, 9.17) is 0 Å². The fourth-order valence-electron chi connectivity index (χ4n) is 1.21. The molecule has 1 aromatic rings. The number of anilines is 1. The summed E-state index contributed by atoms with van der Waals surface area (Å²) in [5.74, 6) is 0. The van der Waals surface area contributed by atoms with E-state index in [0.29, 0.717) is 6.26 Å². The number of hydrazine groups is 1. The maximum Gasteiger partial charge on any atom is 0.307 e. The number of aryl methyl sites for hydroxylation is 1. The van der Waals surface area contributed by atoms with Crippen LogP contribution in [0.2, 0.25) is 0 Å². The van der Waals surface area contributed by atoms with Gasteiger partial charge in [0.2, 0.25) is 0 Å². The van der Waals surface area contributed by atoms with Crippen LogP contribution in [0.15, 0.2) is 36.6 Å². The van der Waals surface area contributed by atoms with Gasteiger partial charge in [-0.05, 0) is 24.1 Å². The van der Waals surface area contributed by atoms with Crippen molar-refractivity contribution in [1.82, 2.24) is 5.59 Å². The summed E-state index contributed by atoms with van der Waals surface area (Å²) in [5.41, 5.74) is 6.78. The van der Waals surface area contributed by atoms with Gasteiger partial charge >= 0.3 is 6.08 Å². The zero-order valence-electron chi connectivity index (χ0n) is 8.97. The predicted molar refractivity (Wildman–Crippen MR) is 58.6 cm³/mol. The number of nitrogens with one attached hydrogen (secondary N) is 2. The Hall–Kier alpha value is -1.62. The standard InChI is InChI=1S/C11H14F2N2O/c1-2-3-9-4-6-10(7-5-9)14-15-16-8-11(12)13/h4-8,14-15H,2-3H2,1H3. The number of hydrogen-bond donors (Lipinski definition) is 2. The Morgan fingerprint density at radius 1 is 1.31 bits per heavy atom. The van der Waals surface area contributed by atoms with Crippen molar-refractivity contribution in [2.45, 2.75) is 19.8 Å². The van der Waals surface area contributed by atoms with E-state index in [1.165, 1.54) is 5.56 Å². The highest BCUT2D eigenvalue weighted by molar-refractivity contribution is 5.43. The largest absolute Gasteiger partial charge is 0.391 e. The van der Waals surface area contributed by atoms with Crippen molar-refractivity contribution in [1.29, 1.82) is 0 Å². The molecule has 0 unspecified atom stereocenters. The fourth-order valence-corrected chi connectivity index (χ4v) is 1.21. The molecule has 1 aromatic carbocycles. The summed E-state index contributed by atoms with van der Waals surface area (Å²) in [6.07, 6.45) is 0.542. The zero-order valence-corrected chi connectivity index (χ0v) is 8.97. The average Bonchev–Trinajstić information content (AvgIpc) is 2.27. The van der Waals surface area contributed by atoms with Crippen LogP contribution < -0.4 is 11.0 Å². The van der Waals surface area contributed by atoms with Crippen LogP contribution in [-0.4, -0.2) is 0 Å². The van der Waals surface area contributed by atoms with E-state index in [1.807, 2.05) is 24.3 Å². The van der Waals surface area contributed by atoms with E-state index in [1.54, 1.807) is 0 Å². The lowest BCUT2D eigenvalue weighted by Gasteiger charge is -2.07. The second kappa shape index (κ2) is 6.79. The first-order chi connectivity index (χ1) is 7.72. The molecular formula is C11H14F2N2O. The average molecular weight is 228 g/mol. The second-order valence-electron chi connectivity index (χ2n) is 3.20. The molecule has 0 aliphatic heterocycles. The smallest absolute Gasteiger partial charge is 0.307 e. The molecule has 0 aliphatic rings. The van der Waals surface area contributed by atoms with Crippen LogP contribution in [0, 0.1) is 0 Å². The van der Waals surface area contributed by atoms with Crippen LogP contribution in [0.1, 0.15) is 18.9 Å². The monoisotopic (exact) mass is 228 g/mol. The van der Waals surface area contributed by atoms with Gasteiger partial charge in [0, 0.05) is 0 Å². The first-order valence-corrected chi connectivity index (χ1v) is 4.99. The fraction of sp³-hybridized carbons (Fsp3) is 0.273. The summed E-state index contributed by atoms with van der Waals surface area (Å²) < 4.78 is 23.1. The summed E-state index contributed by atoms with van der Waals surface area (Å²) in [7, 11) is 0. The van der Waals surface area contributed by atoms with Crippen molar-refractivity contribution in [3.8, 4) is 0 Å². The third-order valence-electron chi connectivity index (χ3n) is 1.89. The van der Waals surface area contributed by atoms with Crippen LogP contribution in [0.5, 0.6) is 0 Å². The second-order valence-corrected chi connectivity index (χ2v) is 3.20. The molecule has 3 nitrogen and oxygen atoms in total. The summed E-state index contributed by atoms with van der Waals surface area (Å²) in [4.78, 5) is 4.30. The van der Waals surface area contributed by atoms with E-state index in [0.717, 1.165) is 18.5 Å². The third kappa shape index (κ3) is 4.75. The van der Waals surface area contributed by atoms with Crippen LogP contribution in [0.3, 0.4) is 0 Å². The minimum absolute atomic E-state index is 0.318. The molecule has 5 heteroatoms. The highest BCUT2D eigenvalue weighted by Crippen LogP contribution is 2.09. The van der Waals surface area contributed by atoms with Gasteiger partial charge in [-0.25, -0.2) is 0 Å². The van der Waals surface area contributed by atoms with Gasteiger partial charge in [0.05, 0.1) is 5.69 Å². The Bertz CT molecular complexity index is 334. The number of hydrogen-bond acceptors (Lipinski definition) is 3. The minimum Gasteiger partial charge on any atom is -0.391 e. The lowest BCUT2D eigenvalue weighted by molar-refractivity contribution is 0.142. The lowest BCUT2D eigenvalue weighted by Crippen LogP contribution is -2.19.